The van der Waals surface area contributed by atoms with Gasteiger partial charge in [-0.1, -0.05) is 6.07 Å². The average molecular weight is 284 g/mol. The molecule has 0 spiro atoms. The third kappa shape index (κ3) is 2.56. The molecule has 1 aliphatic carbocycles. The topological polar surface area (TPSA) is 90.9 Å². The summed E-state index contributed by atoms with van der Waals surface area (Å²) in [7, 11) is 0. The lowest BCUT2D eigenvalue weighted by Gasteiger charge is -2.12. The zero-order valence-electron chi connectivity index (χ0n) is 11.7. The lowest BCUT2D eigenvalue weighted by atomic mass is 10.1. The van der Waals surface area contributed by atoms with Gasteiger partial charge in [0.1, 0.15) is 11.4 Å². The third-order valence-corrected chi connectivity index (χ3v) is 3.58. The van der Waals surface area contributed by atoms with Gasteiger partial charge in [-0.05, 0) is 37.8 Å². The van der Waals surface area contributed by atoms with Gasteiger partial charge in [0.15, 0.2) is 5.78 Å². The summed E-state index contributed by atoms with van der Waals surface area (Å²) >= 11 is 0. The molecule has 1 fully saturated rings. The standard InChI is InChI=1S/C15H16N4O2/c1-9(20)12-13(16)15(21)19(8-10-5-6-10)18-14(12)11-4-2-3-7-17-11/h2-4,7,10H,5-6,8,16H2,1H3. The highest BCUT2D eigenvalue weighted by Crippen LogP contribution is 2.30. The van der Waals surface area contributed by atoms with E-state index >= 15 is 0 Å². The Morgan fingerprint density at radius 3 is 2.76 bits per heavy atom. The maximum Gasteiger partial charge on any atom is 0.290 e. The van der Waals surface area contributed by atoms with Crippen molar-refractivity contribution in [3.05, 3.63) is 40.3 Å². The van der Waals surface area contributed by atoms with Crippen LogP contribution in [0.4, 0.5) is 5.69 Å². The highest BCUT2D eigenvalue weighted by molar-refractivity contribution is 6.03. The van der Waals surface area contributed by atoms with Gasteiger partial charge in [0.2, 0.25) is 0 Å². The smallest absolute Gasteiger partial charge is 0.290 e. The summed E-state index contributed by atoms with van der Waals surface area (Å²) in [5.74, 6) is 0.200. The number of Topliss-reactive ketones (excluding diaryl/α,β-unsaturated/α-hetero) is 1. The highest BCUT2D eigenvalue weighted by atomic mass is 16.1. The molecule has 2 aromatic rings. The van der Waals surface area contributed by atoms with E-state index in [1.165, 1.54) is 11.6 Å². The summed E-state index contributed by atoms with van der Waals surface area (Å²) in [6, 6.07) is 5.33. The lowest BCUT2D eigenvalue weighted by molar-refractivity contribution is 0.101. The minimum atomic E-state index is -0.396. The number of anilines is 1. The number of pyridine rings is 1. The second-order valence-electron chi connectivity index (χ2n) is 5.34. The second kappa shape index (κ2) is 5.12. The Morgan fingerprint density at radius 2 is 2.19 bits per heavy atom. The van der Waals surface area contributed by atoms with Gasteiger partial charge in [-0.3, -0.25) is 14.6 Å². The Morgan fingerprint density at radius 1 is 1.43 bits per heavy atom. The van der Waals surface area contributed by atoms with Crippen molar-refractivity contribution in [3.8, 4) is 11.4 Å². The molecule has 6 nitrogen and oxygen atoms in total. The Labute approximate surface area is 121 Å². The van der Waals surface area contributed by atoms with E-state index in [-0.39, 0.29) is 17.0 Å². The van der Waals surface area contributed by atoms with Crippen molar-refractivity contribution >= 4 is 11.5 Å². The molecule has 0 aliphatic heterocycles. The van der Waals surface area contributed by atoms with Gasteiger partial charge < -0.3 is 5.73 Å². The second-order valence-corrected chi connectivity index (χ2v) is 5.34. The average Bonchev–Trinajstić information content (AvgIpc) is 3.28. The van der Waals surface area contributed by atoms with E-state index < -0.39 is 5.56 Å². The van der Waals surface area contributed by atoms with Crippen LogP contribution < -0.4 is 11.3 Å². The van der Waals surface area contributed by atoms with Crippen LogP contribution in [0.15, 0.2) is 29.2 Å². The fourth-order valence-corrected chi connectivity index (χ4v) is 2.30. The van der Waals surface area contributed by atoms with Gasteiger partial charge >= 0.3 is 0 Å². The van der Waals surface area contributed by atoms with Gasteiger partial charge in [0.05, 0.1) is 11.3 Å². The Bertz CT molecular complexity index is 748. The van der Waals surface area contributed by atoms with E-state index in [1.54, 1.807) is 24.4 Å². The molecular formula is C15H16N4O2. The Balaban J connectivity index is 2.22. The molecule has 21 heavy (non-hydrogen) atoms. The first-order valence-electron chi connectivity index (χ1n) is 6.91. The van der Waals surface area contributed by atoms with E-state index in [4.69, 9.17) is 5.73 Å². The summed E-state index contributed by atoms with van der Waals surface area (Å²) in [5.41, 5.74) is 6.53. The number of ketones is 1. The summed E-state index contributed by atoms with van der Waals surface area (Å²) < 4.78 is 1.36. The zero-order chi connectivity index (χ0) is 15.0. The van der Waals surface area contributed by atoms with E-state index in [9.17, 15) is 9.59 Å². The van der Waals surface area contributed by atoms with Crippen LogP contribution >= 0.6 is 0 Å². The van der Waals surface area contributed by atoms with Crippen molar-refractivity contribution in [2.24, 2.45) is 5.92 Å². The van der Waals surface area contributed by atoms with Crippen LogP contribution in [-0.4, -0.2) is 20.5 Å². The summed E-state index contributed by atoms with van der Waals surface area (Å²) in [6.45, 7) is 1.92. The van der Waals surface area contributed by atoms with Crippen molar-refractivity contribution in [1.29, 1.82) is 0 Å². The van der Waals surface area contributed by atoms with Crippen LogP contribution in [0.25, 0.3) is 11.4 Å². The van der Waals surface area contributed by atoms with Crippen LogP contribution in [0.2, 0.25) is 0 Å². The molecule has 6 heteroatoms. The molecule has 1 aliphatic rings. The minimum absolute atomic E-state index is 0.0428. The number of nitrogen functional groups attached to an aromatic ring is 1. The maximum absolute atomic E-state index is 12.2. The van der Waals surface area contributed by atoms with Gasteiger partial charge in [-0.2, -0.15) is 5.10 Å². The highest BCUT2D eigenvalue weighted by Gasteiger charge is 2.26. The summed E-state index contributed by atoms with van der Waals surface area (Å²) in [4.78, 5) is 28.3. The fourth-order valence-electron chi connectivity index (χ4n) is 2.30. The van der Waals surface area contributed by atoms with Crippen molar-refractivity contribution < 1.29 is 4.79 Å². The van der Waals surface area contributed by atoms with Crippen LogP contribution in [0, 0.1) is 5.92 Å². The summed E-state index contributed by atoms with van der Waals surface area (Å²) in [6.07, 6.45) is 3.82. The number of hydrogen-bond donors (Lipinski definition) is 1. The largest absolute Gasteiger partial charge is 0.394 e. The van der Waals surface area contributed by atoms with Crippen LogP contribution in [0.3, 0.4) is 0 Å². The SMILES string of the molecule is CC(=O)c1c(-c2ccccn2)nn(CC2CC2)c(=O)c1N. The number of aromatic nitrogens is 3. The molecule has 0 atom stereocenters. The predicted molar refractivity (Wildman–Crippen MR) is 78.9 cm³/mol. The first kappa shape index (κ1) is 13.5. The van der Waals surface area contributed by atoms with Crippen molar-refractivity contribution in [2.45, 2.75) is 26.3 Å². The number of rotatable bonds is 4. The quantitative estimate of drug-likeness (QED) is 0.859. The van der Waals surface area contributed by atoms with E-state index in [2.05, 4.69) is 10.1 Å². The molecule has 3 rings (SSSR count). The predicted octanol–water partition coefficient (Wildman–Crippen LogP) is 1.50. The number of carbonyl (C=O) groups is 1. The van der Waals surface area contributed by atoms with Crippen LogP contribution in [-0.2, 0) is 6.54 Å². The Hall–Kier alpha value is -2.50. The normalized spacial score (nSPS) is 14.1. The van der Waals surface area contributed by atoms with Crippen LogP contribution in [0.5, 0.6) is 0 Å². The van der Waals surface area contributed by atoms with E-state index in [0.29, 0.717) is 23.9 Å². The van der Waals surface area contributed by atoms with Gasteiger partial charge in [0.25, 0.3) is 5.56 Å². The molecule has 0 saturated heterocycles. The van der Waals surface area contributed by atoms with Crippen molar-refractivity contribution in [1.82, 2.24) is 14.8 Å². The fraction of sp³-hybridized carbons (Fsp3) is 0.333. The van der Waals surface area contributed by atoms with Gasteiger partial charge in [-0.25, -0.2) is 4.68 Å². The first-order chi connectivity index (χ1) is 10.1. The molecule has 2 heterocycles. The van der Waals surface area contributed by atoms with Crippen LogP contribution in [0.1, 0.15) is 30.1 Å². The molecule has 0 unspecified atom stereocenters. The van der Waals surface area contributed by atoms with Gasteiger partial charge in [-0.15, -0.1) is 0 Å². The lowest BCUT2D eigenvalue weighted by Crippen LogP contribution is -2.29. The van der Waals surface area contributed by atoms with Crippen molar-refractivity contribution in [3.63, 3.8) is 0 Å². The number of nitrogens with zero attached hydrogens (tertiary/aromatic N) is 3. The minimum Gasteiger partial charge on any atom is -0.394 e. The molecule has 2 N–H and O–H groups in total. The number of hydrogen-bond acceptors (Lipinski definition) is 5. The third-order valence-electron chi connectivity index (χ3n) is 3.58. The molecule has 2 aromatic heterocycles. The molecule has 0 amide bonds. The van der Waals surface area contributed by atoms with Gasteiger partial charge in [0, 0.05) is 12.7 Å². The molecule has 0 aromatic carbocycles. The molecular weight excluding hydrogens is 268 g/mol. The van der Waals surface area contributed by atoms with Crippen molar-refractivity contribution in [2.75, 3.05) is 5.73 Å². The number of nitrogens with two attached hydrogens (primary N) is 1. The molecule has 1 saturated carbocycles. The molecule has 0 radical (unpaired) electrons. The summed E-state index contributed by atoms with van der Waals surface area (Å²) in [5, 5.41) is 4.35. The number of carbonyl (C=O) groups excluding carboxylic acids is 1. The first-order valence-corrected chi connectivity index (χ1v) is 6.91. The Kier molecular flexibility index (Phi) is 3.29. The molecule has 0 bridgehead atoms. The monoisotopic (exact) mass is 284 g/mol. The van der Waals surface area contributed by atoms with E-state index in [1.807, 2.05) is 0 Å². The zero-order valence-corrected chi connectivity index (χ0v) is 11.7. The van der Waals surface area contributed by atoms with E-state index in [0.717, 1.165) is 12.8 Å². The molecule has 108 valence electrons. The maximum atomic E-state index is 12.2.